The molecule has 0 bridgehead atoms. The molecule has 0 aromatic carbocycles. The highest BCUT2D eigenvalue weighted by molar-refractivity contribution is 5.93. The van der Waals surface area contributed by atoms with Crippen molar-refractivity contribution in [1.29, 1.82) is 0 Å². The van der Waals surface area contributed by atoms with Crippen LogP contribution in [0.15, 0.2) is 23.8 Å². The van der Waals surface area contributed by atoms with E-state index < -0.39 is 0 Å². The highest BCUT2D eigenvalue weighted by Gasteiger charge is 2.06. The van der Waals surface area contributed by atoms with Crippen molar-refractivity contribution in [3.8, 4) is 0 Å². The molecule has 0 radical (unpaired) electrons. The van der Waals surface area contributed by atoms with Gasteiger partial charge in [-0.2, -0.15) is 4.79 Å². The Hall–Kier alpha value is -1.18. The third-order valence-electron chi connectivity index (χ3n) is 1.59. The third kappa shape index (κ3) is 2.15. The van der Waals surface area contributed by atoms with E-state index in [0.717, 1.165) is 5.57 Å². The predicted octanol–water partition coefficient (Wildman–Crippen LogP) is 0.926. The van der Waals surface area contributed by atoms with Gasteiger partial charge in [0.2, 0.25) is 0 Å². The minimum atomic E-state index is 0.168. The molecule has 1 aliphatic rings. The van der Waals surface area contributed by atoms with Crippen molar-refractivity contribution >= 4 is 5.71 Å². The number of hydrogen-bond donors (Lipinski definition) is 1. The molecular formula is C8H10N2O. The molecule has 0 saturated heterocycles. The molecule has 3 nitrogen and oxygen atoms in total. The van der Waals surface area contributed by atoms with Gasteiger partial charge in [0.05, 0.1) is 6.42 Å². The molecule has 1 aliphatic carbocycles. The summed E-state index contributed by atoms with van der Waals surface area (Å²) < 4.78 is 0. The Kier molecular flexibility index (Phi) is 2.78. The van der Waals surface area contributed by atoms with Crippen molar-refractivity contribution in [2.45, 2.75) is 12.8 Å². The van der Waals surface area contributed by atoms with E-state index in [-0.39, 0.29) is 6.61 Å². The highest BCUT2D eigenvalue weighted by Crippen LogP contribution is 2.09. The van der Waals surface area contributed by atoms with E-state index in [2.05, 4.69) is 4.79 Å². The molecule has 0 aliphatic heterocycles. The summed E-state index contributed by atoms with van der Waals surface area (Å²) >= 11 is 0. The maximum Gasteiger partial charge on any atom is 0.295 e. The van der Waals surface area contributed by atoms with Gasteiger partial charge in [-0.3, -0.25) is 0 Å². The molecule has 0 aromatic rings. The first-order valence-corrected chi connectivity index (χ1v) is 3.55. The van der Waals surface area contributed by atoms with E-state index in [9.17, 15) is 0 Å². The van der Waals surface area contributed by atoms with Gasteiger partial charge in [0.1, 0.15) is 0 Å². The van der Waals surface area contributed by atoms with Crippen molar-refractivity contribution in [1.82, 2.24) is 0 Å². The minimum absolute atomic E-state index is 0.168. The standard InChI is InChI=1S/C8H10N2O/c9-10-8-3-1-7(2-4-8)5-6-11/h1-3,11H,4-6H2. The van der Waals surface area contributed by atoms with Crippen LogP contribution in [0.1, 0.15) is 12.8 Å². The van der Waals surface area contributed by atoms with E-state index in [4.69, 9.17) is 10.6 Å². The number of nitrogens with zero attached hydrogens (tertiary/aromatic N) is 2. The molecule has 58 valence electrons. The number of allylic oxidation sites excluding steroid dienone is 3. The number of hydrogen-bond acceptors (Lipinski definition) is 1. The topological polar surface area (TPSA) is 56.6 Å². The van der Waals surface area contributed by atoms with Crippen LogP contribution in [0.3, 0.4) is 0 Å². The molecule has 0 aromatic heterocycles. The summed E-state index contributed by atoms with van der Waals surface area (Å²) in [5.74, 6) is 0. The normalized spacial score (nSPS) is 16.1. The Bertz CT molecular complexity index is 247. The number of aliphatic hydroxyl groups excluding tert-OH is 1. The van der Waals surface area contributed by atoms with Gasteiger partial charge in [0.15, 0.2) is 0 Å². The Morgan fingerprint density at radius 3 is 2.82 bits per heavy atom. The average molecular weight is 150 g/mol. The lowest BCUT2D eigenvalue weighted by Gasteiger charge is -2.00. The van der Waals surface area contributed by atoms with E-state index >= 15 is 0 Å². The van der Waals surface area contributed by atoms with Crippen LogP contribution < -0.4 is 0 Å². The van der Waals surface area contributed by atoms with E-state index in [0.29, 0.717) is 18.6 Å². The molecule has 0 heterocycles. The van der Waals surface area contributed by atoms with Crippen molar-refractivity contribution in [3.05, 3.63) is 29.3 Å². The molecule has 0 unspecified atom stereocenters. The molecule has 0 amide bonds. The Labute approximate surface area is 65.3 Å². The summed E-state index contributed by atoms with van der Waals surface area (Å²) in [4.78, 5) is 3.06. The Morgan fingerprint density at radius 1 is 1.55 bits per heavy atom. The van der Waals surface area contributed by atoms with Gasteiger partial charge in [-0.25, -0.2) is 0 Å². The van der Waals surface area contributed by atoms with Crippen LogP contribution in [0.2, 0.25) is 0 Å². The zero-order chi connectivity index (χ0) is 8.10. The number of aliphatic hydroxyl groups is 1. The lowest BCUT2D eigenvalue weighted by atomic mass is 10.0. The first-order valence-electron chi connectivity index (χ1n) is 3.55. The quantitative estimate of drug-likeness (QED) is 0.462. The van der Waals surface area contributed by atoms with Gasteiger partial charge >= 0.3 is 0 Å². The first kappa shape index (κ1) is 7.92. The van der Waals surface area contributed by atoms with Crippen LogP contribution in [0.5, 0.6) is 0 Å². The van der Waals surface area contributed by atoms with Crippen molar-refractivity contribution < 1.29 is 9.90 Å². The zero-order valence-corrected chi connectivity index (χ0v) is 6.20. The van der Waals surface area contributed by atoms with Crippen molar-refractivity contribution in [2.24, 2.45) is 0 Å². The fourth-order valence-corrected chi connectivity index (χ4v) is 0.964. The van der Waals surface area contributed by atoms with E-state index in [1.807, 2.05) is 12.2 Å². The zero-order valence-electron chi connectivity index (χ0n) is 6.20. The summed E-state index contributed by atoms with van der Waals surface area (Å²) in [6, 6.07) is 0. The SMILES string of the molecule is [N-]=[N+]=C1C=CC(CCO)=CC1. The van der Waals surface area contributed by atoms with E-state index in [1.165, 1.54) is 0 Å². The highest BCUT2D eigenvalue weighted by atomic mass is 16.2. The Morgan fingerprint density at radius 2 is 2.36 bits per heavy atom. The summed E-state index contributed by atoms with van der Waals surface area (Å²) in [5.41, 5.74) is 10.1. The summed E-state index contributed by atoms with van der Waals surface area (Å²) in [5, 5.41) is 8.59. The van der Waals surface area contributed by atoms with Crippen LogP contribution in [0.25, 0.3) is 5.53 Å². The van der Waals surface area contributed by atoms with Crippen molar-refractivity contribution in [3.63, 3.8) is 0 Å². The molecule has 0 fully saturated rings. The fraction of sp³-hybridized carbons (Fsp3) is 0.375. The lowest BCUT2D eigenvalue weighted by molar-refractivity contribution is -0.00542. The van der Waals surface area contributed by atoms with Gasteiger partial charge in [0.25, 0.3) is 5.71 Å². The van der Waals surface area contributed by atoms with Crippen LogP contribution in [-0.2, 0) is 0 Å². The molecule has 3 heteroatoms. The monoisotopic (exact) mass is 150 g/mol. The van der Waals surface area contributed by atoms with Crippen LogP contribution in [-0.4, -0.2) is 22.2 Å². The lowest BCUT2D eigenvalue weighted by Crippen LogP contribution is -1.99. The number of rotatable bonds is 2. The second-order valence-corrected chi connectivity index (χ2v) is 2.38. The largest absolute Gasteiger partial charge is 0.396 e. The van der Waals surface area contributed by atoms with Crippen LogP contribution >= 0.6 is 0 Å². The maximum atomic E-state index is 8.59. The predicted molar refractivity (Wildman–Crippen MR) is 42.2 cm³/mol. The third-order valence-corrected chi connectivity index (χ3v) is 1.59. The summed E-state index contributed by atoms with van der Waals surface area (Å²) in [7, 11) is 0. The molecule has 1 rings (SSSR count). The minimum Gasteiger partial charge on any atom is -0.396 e. The Balaban J connectivity index is 2.59. The molecule has 0 spiro atoms. The second-order valence-electron chi connectivity index (χ2n) is 2.38. The van der Waals surface area contributed by atoms with Gasteiger partial charge < -0.3 is 10.6 Å². The van der Waals surface area contributed by atoms with Gasteiger partial charge in [-0.05, 0) is 12.0 Å². The maximum absolute atomic E-state index is 8.59. The summed E-state index contributed by atoms with van der Waals surface area (Å²) in [6.45, 7) is 0.168. The van der Waals surface area contributed by atoms with E-state index in [1.54, 1.807) is 6.08 Å². The smallest absolute Gasteiger partial charge is 0.295 e. The van der Waals surface area contributed by atoms with Gasteiger partial charge in [-0.15, -0.1) is 0 Å². The van der Waals surface area contributed by atoms with Gasteiger partial charge in [0, 0.05) is 12.7 Å². The molecule has 1 N–H and O–H groups in total. The average Bonchev–Trinajstić information content (AvgIpc) is 2.07. The molecule has 0 saturated carbocycles. The molecule has 0 atom stereocenters. The molecule has 11 heavy (non-hydrogen) atoms. The fourth-order valence-electron chi connectivity index (χ4n) is 0.964. The van der Waals surface area contributed by atoms with Gasteiger partial charge in [-0.1, -0.05) is 12.2 Å². The van der Waals surface area contributed by atoms with Crippen LogP contribution in [0.4, 0.5) is 0 Å². The van der Waals surface area contributed by atoms with Crippen LogP contribution in [0, 0.1) is 0 Å². The van der Waals surface area contributed by atoms with Crippen molar-refractivity contribution in [2.75, 3.05) is 6.61 Å². The molecular weight excluding hydrogens is 140 g/mol. The summed E-state index contributed by atoms with van der Waals surface area (Å²) in [6.07, 6.45) is 6.89. The first-order chi connectivity index (χ1) is 5.36. The second kappa shape index (κ2) is 3.86.